The first-order valence-corrected chi connectivity index (χ1v) is 7.43. The highest BCUT2D eigenvalue weighted by molar-refractivity contribution is 5.74. The molecule has 0 aliphatic carbocycles. The molecule has 0 unspecified atom stereocenters. The molecule has 0 atom stereocenters. The van der Waals surface area contributed by atoms with Crippen molar-refractivity contribution in [2.45, 2.75) is 38.7 Å². The van der Waals surface area contributed by atoms with E-state index in [0.717, 1.165) is 38.8 Å². The van der Waals surface area contributed by atoms with E-state index in [9.17, 15) is 9.59 Å². The number of urea groups is 1. The number of amides is 2. The predicted octanol–water partition coefficient (Wildman–Crippen LogP) is 1.40. The summed E-state index contributed by atoms with van der Waals surface area (Å²) < 4.78 is 5.28. The van der Waals surface area contributed by atoms with E-state index in [1.165, 1.54) is 0 Å². The number of carboxylic acids is 1. The minimum Gasteiger partial charge on any atom is -0.480 e. The number of carboxylic acid groups (broad SMARTS) is 1. The third-order valence-corrected chi connectivity index (χ3v) is 4.21. The lowest BCUT2D eigenvalue weighted by Gasteiger charge is -2.38. The number of ether oxygens (including phenoxy) is 1. The van der Waals surface area contributed by atoms with Gasteiger partial charge in [-0.1, -0.05) is 6.92 Å². The Bertz CT molecular complexity index is 345. The van der Waals surface area contributed by atoms with E-state index >= 15 is 0 Å². The van der Waals surface area contributed by atoms with E-state index in [2.05, 4.69) is 6.92 Å². The van der Waals surface area contributed by atoms with Gasteiger partial charge in [-0.05, 0) is 31.6 Å². The Morgan fingerprint density at radius 3 is 2.05 bits per heavy atom. The summed E-state index contributed by atoms with van der Waals surface area (Å²) in [6, 6.07) is 0.133. The first-order valence-electron chi connectivity index (χ1n) is 7.43. The number of hydrogen-bond acceptors (Lipinski definition) is 3. The molecule has 2 aliphatic heterocycles. The smallest absolute Gasteiger partial charge is 0.329 e. The van der Waals surface area contributed by atoms with Crippen LogP contribution in [-0.2, 0) is 9.53 Å². The average Bonchev–Trinajstić information content (AvgIpc) is 2.46. The summed E-state index contributed by atoms with van der Waals surface area (Å²) in [4.78, 5) is 26.6. The van der Waals surface area contributed by atoms with E-state index in [4.69, 9.17) is 9.84 Å². The Hall–Kier alpha value is -1.30. The van der Waals surface area contributed by atoms with Crippen molar-refractivity contribution in [1.29, 1.82) is 0 Å². The van der Waals surface area contributed by atoms with Gasteiger partial charge in [0, 0.05) is 26.2 Å². The van der Waals surface area contributed by atoms with Crippen molar-refractivity contribution in [1.82, 2.24) is 9.80 Å². The molecule has 20 heavy (non-hydrogen) atoms. The first-order chi connectivity index (χ1) is 9.56. The van der Waals surface area contributed by atoms with Gasteiger partial charge in [-0.2, -0.15) is 0 Å². The van der Waals surface area contributed by atoms with Gasteiger partial charge in [0.25, 0.3) is 0 Å². The minimum absolute atomic E-state index is 0.0310. The van der Waals surface area contributed by atoms with E-state index in [1.54, 1.807) is 0 Å². The van der Waals surface area contributed by atoms with Crippen LogP contribution in [0.4, 0.5) is 4.79 Å². The van der Waals surface area contributed by atoms with Crippen molar-refractivity contribution in [3.8, 4) is 0 Å². The molecule has 2 amide bonds. The lowest BCUT2D eigenvalue weighted by molar-refractivity contribution is -0.145. The number of likely N-dealkylation sites (tertiary alicyclic amines) is 2. The van der Waals surface area contributed by atoms with Crippen LogP contribution in [0.15, 0.2) is 0 Å². The zero-order valence-corrected chi connectivity index (χ0v) is 12.1. The summed E-state index contributed by atoms with van der Waals surface area (Å²) in [5.74, 6) is -0.222. The van der Waals surface area contributed by atoms with Crippen LogP contribution < -0.4 is 0 Å². The second-order valence-electron chi connectivity index (χ2n) is 5.84. The molecule has 0 aromatic carbocycles. The van der Waals surface area contributed by atoms with Crippen molar-refractivity contribution in [2.24, 2.45) is 5.92 Å². The minimum atomic E-state index is -0.939. The summed E-state index contributed by atoms with van der Waals surface area (Å²) in [7, 11) is 0. The number of hydrogen-bond donors (Lipinski definition) is 1. The highest BCUT2D eigenvalue weighted by Crippen LogP contribution is 2.20. The Kier molecular flexibility index (Phi) is 5.23. The van der Waals surface area contributed by atoms with Crippen molar-refractivity contribution in [2.75, 3.05) is 32.8 Å². The lowest BCUT2D eigenvalue weighted by Crippen LogP contribution is -2.50. The maximum atomic E-state index is 12.3. The molecular formula is C14H24N2O4. The van der Waals surface area contributed by atoms with E-state index in [1.807, 2.05) is 9.80 Å². The summed E-state index contributed by atoms with van der Waals surface area (Å²) in [6.45, 7) is 5.02. The molecule has 2 saturated heterocycles. The molecule has 0 aromatic heterocycles. The molecule has 114 valence electrons. The van der Waals surface area contributed by atoms with Crippen LogP contribution in [0.2, 0.25) is 0 Å². The summed E-state index contributed by atoms with van der Waals surface area (Å²) in [5.41, 5.74) is 0. The standard InChI is InChI=1S/C14H24N2O4/c1-11-2-6-15(7-3-11)14(19)16-8-4-12(5-9-16)20-10-13(17)18/h11-12H,2-10H2,1H3,(H,17,18). The number of rotatable bonds is 3. The first kappa shape index (κ1) is 15.1. The molecule has 6 heteroatoms. The highest BCUT2D eigenvalue weighted by Gasteiger charge is 2.28. The van der Waals surface area contributed by atoms with Gasteiger partial charge in [-0.15, -0.1) is 0 Å². The highest BCUT2D eigenvalue weighted by atomic mass is 16.5. The molecule has 0 radical (unpaired) electrons. The number of nitrogens with zero attached hydrogens (tertiary/aromatic N) is 2. The van der Waals surface area contributed by atoms with Crippen molar-refractivity contribution >= 4 is 12.0 Å². The summed E-state index contributed by atoms with van der Waals surface area (Å²) >= 11 is 0. The number of carbonyl (C=O) groups excluding carboxylic acids is 1. The van der Waals surface area contributed by atoms with Crippen molar-refractivity contribution in [3.05, 3.63) is 0 Å². The van der Waals surface area contributed by atoms with Gasteiger partial charge in [0.15, 0.2) is 0 Å². The SMILES string of the molecule is CC1CCN(C(=O)N2CCC(OCC(=O)O)CC2)CC1. The zero-order valence-electron chi connectivity index (χ0n) is 12.1. The second-order valence-corrected chi connectivity index (χ2v) is 5.84. The molecular weight excluding hydrogens is 260 g/mol. The Morgan fingerprint density at radius 1 is 1.05 bits per heavy atom. The topological polar surface area (TPSA) is 70.1 Å². The quantitative estimate of drug-likeness (QED) is 0.850. The van der Waals surface area contributed by atoms with Gasteiger partial charge >= 0.3 is 12.0 Å². The van der Waals surface area contributed by atoms with Crippen LogP contribution in [0.3, 0.4) is 0 Å². The third-order valence-electron chi connectivity index (χ3n) is 4.21. The third kappa shape index (κ3) is 4.10. The van der Waals surface area contributed by atoms with Crippen LogP contribution >= 0.6 is 0 Å². The molecule has 0 bridgehead atoms. The maximum absolute atomic E-state index is 12.3. The zero-order chi connectivity index (χ0) is 14.5. The fourth-order valence-corrected chi connectivity index (χ4v) is 2.80. The van der Waals surface area contributed by atoms with E-state index in [0.29, 0.717) is 19.0 Å². The molecule has 2 aliphatic rings. The lowest BCUT2D eigenvalue weighted by atomic mass is 9.99. The van der Waals surface area contributed by atoms with Crippen LogP contribution in [0.1, 0.15) is 32.6 Å². The monoisotopic (exact) mass is 284 g/mol. The molecule has 2 heterocycles. The number of aliphatic carboxylic acids is 1. The molecule has 0 spiro atoms. The average molecular weight is 284 g/mol. The van der Waals surface area contributed by atoms with E-state index < -0.39 is 5.97 Å². The van der Waals surface area contributed by atoms with Crippen molar-refractivity contribution < 1.29 is 19.4 Å². The number of piperidine rings is 2. The van der Waals surface area contributed by atoms with Gasteiger partial charge in [0.1, 0.15) is 6.61 Å². The normalized spacial score (nSPS) is 22.1. The largest absolute Gasteiger partial charge is 0.480 e. The van der Waals surface area contributed by atoms with Crippen LogP contribution in [-0.4, -0.2) is 65.8 Å². The molecule has 1 N–H and O–H groups in total. The summed E-state index contributed by atoms with van der Waals surface area (Å²) in [5, 5.41) is 8.58. The fourth-order valence-electron chi connectivity index (χ4n) is 2.80. The van der Waals surface area contributed by atoms with Crippen LogP contribution in [0.5, 0.6) is 0 Å². The van der Waals surface area contributed by atoms with Gasteiger partial charge in [-0.3, -0.25) is 0 Å². The Balaban J connectivity index is 1.73. The van der Waals surface area contributed by atoms with E-state index in [-0.39, 0.29) is 18.7 Å². The summed E-state index contributed by atoms with van der Waals surface area (Å²) in [6.07, 6.45) is 3.59. The molecule has 2 rings (SSSR count). The Morgan fingerprint density at radius 2 is 1.55 bits per heavy atom. The van der Waals surface area contributed by atoms with Gasteiger partial charge < -0.3 is 19.6 Å². The molecule has 0 saturated carbocycles. The number of carbonyl (C=O) groups is 2. The van der Waals surface area contributed by atoms with Crippen LogP contribution in [0, 0.1) is 5.92 Å². The predicted molar refractivity (Wildman–Crippen MR) is 73.5 cm³/mol. The van der Waals surface area contributed by atoms with Gasteiger partial charge in [0.2, 0.25) is 0 Å². The second kappa shape index (κ2) is 6.92. The molecule has 0 aromatic rings. The van der Waals surface area contributed by atoms with Gasteiger partial charge in [-0.25, -0.2) is 9.59 Å². The maximum Gasteiger partial charge on any atom is 0.329 e. The Labute approximate surface area is 119 Å². The van der Waals surface area contributed by atoms with Gasteiger partial charge in [0.05, 0.1) is 6.10 Å². The fraction of sp³-hybridized carbons (Fsp3) is 0.857. The molecule has 6 nitrogen and oxygen atoms in total. The molecule has 2 fully saturated rings. The van der Waals surface area contributed by atoms with Crippen LogP contribution in [0.25, 0.3) is 0 Å². The van der Waals surface area contributed by atoms with Crippen molar-refractivity contribution in [3.63, 3.8) is 0 Å².